The Bertz CT molecular complexity index is 921. The maximum absolute atomic E-state index is 13.2. The van der Waals surface area contributed by atoms with E-state index in [-0.39, 0.29) is 11.4 Å². The van der Waals surface area contributed by atoms with E-state index in [1.54, 1.807) is 23.5 Å². The van der Waals surface area contributed by atoms with Crippen LogP contribution in [0.1, 0.15) is 36.4 Å². The maximum atomic E-state index is 13.2. The van der Waals surface area contributed by atoms with E-state index in [1.165, 1.54) is 16.8 Å². The van der Waals surface area contributed by atoms with E-state index in [2.05, 4.69) is 17.0 Å². The highest BCUT2D eigenvalue weighted by Gasteiger charge is 2.17. The summed E-state index contributed by atoms with van der Waals surface area (Å²) in [6.07, 6.45) is 1.67. The van der Waals surface area contributed by atoms with E-state index < -0.39 is 0 Å². The van der Waals surface area contributed by atoms with Crippen molar-refractivity contribution in [3.8, 4) is 5.69 Å². The summed E-state index contributed by atoms with van der Waals surface area (Å²) in [6.45, 7) is 4.50. The first-order valence-electron chi connectivity index (χ1n) is 8.23. The van der Waals surface area contributed by atoms with E-state index in [1.807, 2.05) is 24.4 Å². The number of halogens is 1. The first kappa shape index (κ1) is 17.4. The summed E-state index contributed by atoms with van der Waals surface area (Å²) in [5.41, 5.74) is 2.66. The van der Waals surface area contributed by atoms with Crippen molar-refractivity contribution in [3.63, 3.8) is 0 Å². The molecule has 3 aromatic rings. The second kappa shape index (κ2) is 7.61. The first-order valence-corrected chi connectivity index (χ1v) is 9.11. The summed E-state index contributed by atoms with van der Waals surface area (Å²) in [5.74, 6) is -0.328. The first-order chi connectivity index (χ1) is 12.1. The van der Waals surface area contributed by atoms with Gasteiger partial charge in [-0.15, -0.1) is 11.3 Å². The van der Waals surface area contributed by atoms with Crippen LogP contribution >= 0.6 is 11.3 Å². The lowest BCUT2D eigenvalue weighted by atomic mass is 10.1. The summed E-state index contributed by atoms with van der Waals surface area (Å²) in [7, 11) is 0. The minimum atomic E-state index is -0.328. The van der Waals surface area contributed by atoms with Crippen molar-refractivity contribution in [3.05, 3.63) is 74.1 Å². The van der Waals surface area contributed by atoms with Crippen molar-refractivity contribution in [1.82, 2.24) is 9.78 Å². The monoisotopic (exact) mass is 357 g/mol. The standard InChI is InChI=1S/C19H20FN3OS/c1-3-5-17-18(13(2)21-12-16-6-4-11-25-16)19(24)23(22-17)15-9-7-14(20)8-10-15/h4,6-11,22H,3,5,12H2,1-2H3. The number of hydrogen-bond donors (Lipinski definition) is 1. The summed E-state index contributed by atoms with van der Waals surface area (Å²) in [6, 6.07) is 9.89. The molecule has 25 heavy (non-hydrogen) atoms. The molecule has 1 aromatic carbocycles. The summed E-state index contributed by atoms with van der Waals surface area (Å²) < 4.78 is 14.6. The average Bonchev–Trinajstić information content (AvgIpc) is 3.22. The smallest absolute Gasteiger partial charge is 0.280 e. The van der Waals surface area contributed by atoms with Crippen molar-refractivity contribution < 1.29 is 4.39 Å². The molecule has 0 aliphatic heterocycles. The number of aliphatic imine (C=N–C) groups is 1. The van der Waals surface area contributed by atoms with Crippen molar-refractivity contribution in [1.29, 1.82) is 0 Å². The lowest BCUT2D eigenvalue weighted by Crippen LogP contribution is -2.19. The quantitative estimate of drug-likeness (QED) is 0.656. The Morgan fingerprint density at radius 3 is 2.68 bits per heavy atom. The Morgan fingerprint density at radius 2 is 2.04 bits per heavy atom. The van der Waals surface area contributed by atoms with Crippen LogP contribution in [0.3, 0.4) is 0 Å². The number of benzene rings is 1. The molecule has 0 aliphatic carbocycles. The van der Waals surface area contributed by atoms with Crippen LogP contribution in [0.15, 0.2) is 51.6 Å². The second-order valence-electron chi connectivity index (χ2n) is 5.81. The molecule has 0 fully saturated rings. The fourth-order valence-electron chi connectivity index (χ4n) is 2.74. The molecule has 0 saturated carbocycles. The van der Waals surface area contributed by atoms with Crippen LogP contribution < -0.4 is 5.56 Å². The zero-order valence-corrected chi connectivity index (χ0v) is 15.1. The highest BCUT2D eigenvalue weighted by molar-refractivity contribution is 7.09. The lowest BCUT2D eigenvalue weighted by Gasteiger charge is -2.01. The number of aryl methyl sites for hydroxylation is 1. The van der Waals surface area contributed by atoms with Gasteiger partial charge in [-0.3, -0.25) is 14.9 Å². The molecule has 0 spiro atoms. The van der Waals surface area contributed by atoms with E-state index >= 15 is 0 Å². The number of aromatic amines is 1. The molecule has 0 amide bonds. The number of hydrogen-bond acceptors (Lipinski definition) is 3. The zero-order valence-electron chi connectivity index (χ0n) is 14.3. The molecule has 0 atom stereocenters. The fraction of sp³-hybridized carbons (Fsp3) is 0.263. The van der Waals surface area contributed by atoms with Gasteiger partial charge in [0.05, 0.1) is 17.8 Å². The Labute approximate surface area is 149 Å². The summed E-state index contributed by atoms with van der Waals surface area (Å²) in [5, 5.41) is 5.18. The number of thiophene rings is 1. The molecule has 4 nitrogen and oxygen atoms in total. The minimum Gasteiger partial charge on any atom is -0.294 e. The molecule has 1 N–H and O–H groups in total. The molecule has 2 heterocycles. The van der Waals surface area contributed by atoms with Gasteiger partial charge in [0.25, 0.3) is 5.56 Å². The Balaban J connectivity index is 2.01. The van der Waals surface area contributed by atoms with Gasteiger partial charge in [0, 0.05) is 16.3 Å². The molecule has 0 saturated heterocycles. The van der Waals surface area contributed by atoms with Crippen LogP contribution in [-0.4, -0.2) is 15.5 Å². The van der Waals surface area contributed by atoms with Crippen molar-refractivity contribution >= 4 is 17.0 Å². The summed E-state index contributed by atoms with van der Waals surface area (Å²) in [4.78, 5) is 18.7. The molecule has 0 unspecified atom stereocenters. The van der Waals surface area contributed by atoms with Gasteiger partial charge in [0.15, 0.2) is 0 Å². The summed E-state index contributed by atoms with van der Waals surface area (Å²) >= 11 is 1.65. The molecular weight excluding hydrogens is 337 g/mol. The molecule has 130 valence electrons. The number of aromatic nitrogens is 2. The van der Waals surface area contributed by atoms with Gasteiger partial charge in [-0.25, -0.2) is 9.07 Å². The molecule has 0 aliphatic rings. The highest BCUT2D eigenvalue weighted by atomic mass is 32.1. The second-order valence-corrected chi connectivity index (χ2v) is 6.85. The van der Waals surface area contributed by atoms with Gasteiger partial charge in [0.1, 0.15) is 5.82 Å². The Kier molecular flexibility index (Phi) is 5.28. The average molecular weight is 357 g/mol. The van der Waals surface area contributed by atoms with Crippen molar-refractivity contribution in [2.45, 2.75) is 33.2 Å². The van der Waals surface area contributed by atoms with Gasteiger partial charge >= 0.3 is 0 Å². The van der Waals surface area contributed by atoms with Crippen LogP contribution in [0.4, 0.5) is 4.39 Å². The maximum Gasteiger partial charge on any atom is 0.280 e. The SMILES string of the molecule is CCCc1[nH]n(-c2ccc(F)cc2)c(=O)c1C(C)=NCc1cccs1. The number of nitrogens with zero attached hydrogens (tertiary/aromatic N) is 2. The third-order valence-corrected chi connectivity index (χ3v) is 4.83. The van der Waals surface area contributed by atoms with Gasteiger partial charge < -0.3 is 0 Å². The van der Waals surface area contributed by atoms with Gasteiger partial charge in [-0.1, -0.05) is 19.4 Å². The molecular formula is C19H20FN3OS. The van der Waals surface area contributed by atoms with Gasteiger partial charge in [0.2, 0.25) is 0 Å². The van der Waals surface area contributed by atoms with E-state index in [9.17, 15) is 9.18 Å². The Morgan fingerprint density at radius 1 is 1.28 bits per heavy atom. The number of nitrogens with one attached hydrogen (secondary N) is 1. The van der Waals surface area contributed by atoms with E-state index in [4.69, 9.17) is 0 Å². The van der Waals surface area contributed by atoms with Crippen LogP contribution in [-0.2, 0) is 13.0 Å². The van der Waals surface area contributed by atoms with Crippen LogP contribution in [0.5, 0.6) is 0 Å². The predicted octanol–water partition coefficient (Wildman–Crippen LogP) is 4.33. The van der Waals surface area contributed by atoms with Crippen LogP contribution in [0.2, 0.25) is 0 Å². The number of rotatable bonds is 6. The zero-order chi connectivity index (χ0) is 17.8. The molecule has 0 radical (unpaired) electrons. The van der Waals surface area contributed by atoms with Crippen molar-refractivity contribution in [2.75, 3.05) is 0 Å². The normalized spacial score (nSPS) is 11.9. The third-order valence-electron chi connectivity index (χ3n) is 3.96. The van der Waals surface area contributed by atoms with Crippen molar-refractivity contribution in [2.24, 2.45) is 4.99 Å². The van der Waals surface area contributed by atoms with Crippen LogP contribution in [0, 0.1) is 5.82 Å². The van der Waals surface area contributed by atoms with E-state index in [0.717, 1.165) is 29.1 Å². The largest absolute Gasteiger partial charge is 0.294 e. The topological polar surface area (TPSA) is 50.1 Å². The van der Waals surface area contributed by atoms with E-state index in [0.29, 0.717) is 17.8 Å². The fourth-order valence-corrected chi connectivity index (χ4v) is 3.36. The molecule has 3 rings (SSSR count). The molecule has 0 bridgehead atoms. The third kappa shape index (κ3) is 3.79. The van der Waals surface area contributed by atoms with Crippen LogP contribution in [0.25, 0.3) is 5.69 Å². The number of H-pyrrole nitrogens is 1. The molecule has 2 aromatic heterocycles. The minimum absolute atomic E-state index is 0.150. The predicted molar refractivity (Wildman–Crippen MR) is 101 cm³/mol. The van der Waals surface area contributed by atoms with Gasteiger partial charge in [-0.2, -0.15) is 0 Å². The Hall–Kier alpha value is -2.47. The molecule has 6 heteroatoms. The highest BCUT2D eigenvalue weighted by Crippen LogP contribution is 2.14. The lowest BCUT2D eigenvalue weighted by molar-refractivity contribution is 0.626. The van der Waals surface area contributed by atoms with Gasteiger partial charge in [-0.05, 0) is 49.1 Å².